The molecule has 1 aliphatic rings. The summed E-state index contributed by atoms with van der Waals surface area (Å²) >= 11 is 0. The Morgan fingerprint density at radius 1 is 2.00 bits per heavy atom. The highest BCUT2D eigenvalue weighted by molar-refractivity contribution is 5.74. The molecule has 4 heteroatoms. The minimum Gasteiger partial charge on any atom is -0.284 e. The number of rotatable bonds is 0. The third-order valence-electron chi connectivity index (χ3n) is 0.288. The Kier molecular flexibility index (Phi) is 0.204. The average Bonchev–Trinajstić information content (AvgIpc) is 1.79. The van der Waals surface area contributed by atoms with Gasteiger partial charge < -0.3 is 0 Å². The smallest absolute Gasteiger partial charge is 0.284 e. The van der Waals surface area contributed by atoms with Gasteiger partial charge in [0.25, 0.3) is 0 Å². The molecule has 0 bridgehead atoms. The normalized spacial score (nSPS) is 18.6. The lowest BCUT2D eigenvalue weighted by atomic mass is 11.4. The van der Waals surface area contributed by atoms with Crippen LogP contribution in [0.5, 0.6) is 0 Å². The first-order chi connectivity index (χ1) is 2.30. The maximum absolute atomic E-state index is 9.34. The molecule has 0 aromatic carbocycles. The van der Waals surface area contributed by atoms with E-state index in [-0.39, 0.29) is 5.23 Å². The molecular formula is CHNO3. The van der Waals surface area contributed by atoms with Gasteiger partial charge >= 0.3 is 6.09 Å². The highest BCUT2D eigenvalue weighted by Crippen LogP contribution is 2.03. The van der Waals surface area contributed by atoms with Crippen LogP contribution in [0.3, 0.4) is 0 Å². The van der Waals surface area contributed by atoms with Gasteiger partial charge in [0.2, 0.25) is 0 Å². The van der Waals surface area contributed by atoms with Crippen molar-refractivity contribution in [2.75, 3.05) is 0 Å². The van der Waals surface area contributed by atoms with E-state index in [0.29, 0.717) is 0 Å². The molecule has 0 aromatic rings. The van der Waals surface area contributed by atoms with Crippen molar-refractivity contribution >= 4 is 6.09 Å². The fraction of sp³-hybridized carbons (Fsp3) is 0. The SMILES string of the molecule is O=C1ON1O. The topological polar surface area (TPSA) is 52.8 Å². The number of nitrogens with zero attached hydrogens (tertiary/aromatic N) is 1. The molecule has 28 valence electrons. The monoisotopic (exact) mass is 75.0 g/mol. The summed E-state index contributed by atoms with van der Waals surface area (Å²) in [6, 6.07) is 0. The maximum atomic E-state index is 9.34. The van der Waals surface area contributed by atoms with Gasteiger partial charge in [-0.25, -0.2) is 10.0 Å². The van der Waals surface area contributed by atoms with Crippen molar-refractivity contribution in [3.63, 3.8) is 0 Å². The van der Waals surface area contributed by atoms with Crippen LogP contribution in [0, 0.1) is 0 Å². The summed E-state index contributed by atoms with van der Waals surface area (Å²) < 4.78 is 0. The molecule has 5 heavy (non-hydrogen) atoms. The first-order valence-electron chi connectivity index (χ1n) is 1.01. The van der Waals surface area contributed by atoms with Gasteiger partial charge in [-0.1, -0.05) is 0 Å². The Morgan fingerprint density at radius 2 is 2.20 bits per heavy atom. The number of hydrogen-bond donors (Lipinski definition) is 1. The number of carbonyl (C=O) groups excluding carboxylic acids is 1. The predicted molar refractivity (Wildman–Crippen MR) is 10.1 cm³/mol. The lowest BCUT2D eigenvalue weighted by Gasteiger charge is -1.58. The van der Waals surface area contributed by atoms with Gasteiger partial charge in [0.15, 0.2) is 0 Å². The van der Waals surface area contributed by atoms with Gasteiger partial charge in [-0.15, -0.1) is 0 Å². The van der Waals surface area contributed by atoms with Crippen LogP contribution in [0.2, 0.25) is 0 Å². The van der Waals surface area contributed by atoms with E-state index in [4.69, 9.17) is 5.21 Å². The number of hydroxylamine groups is 2. The van der Waals surface area contributed by atoms with Crippen LogP contribution in [0.25, 0.3) is 0 Å². The Morgan fingerprint density at radius 3 is 2.20 bits per heavy atom. The first kappa shape index (κ1) is 2.47. The van der Waals surface area contributed by atoms with E-state index < -0.39 is 6.09 Å². The third-order valence-corrected chi connectivity index (χ3v) is 0.288. The molecule has 0 spiro atoms. The van der Waals surface area contributed by atoms with Crippen LogP contribution in [0.4, 0.5) is 4.79 Å². The summed E-state index contributed by atoms with van der Waals surface area (Å²) in [7, 11) is 0. The summed E-state index contributed by atoms with van der Waals surface area (Å²) in [6.45, 7) is 0. The molecule has 1 fully saturated rings. The number of carbonyl (C=O) groups is 1. The lowest BCUT2D eigenvalue weighted by molar-refractivity contribution is -0.0976. The van der Waals surface area contributed by atoms with Crippen LogP contribution < -0.4 is 0 Å². The molecule has 1 aliphatic heterocycles. The van der Waals surface area contributed by atoms with E-state index in [2.05, 4.69) is 4.84 Å². The van der Waals surface area contributed by atoms with Gasteiger partial charge in [-0.3, -0.25) is 4.84 Å². The fourth-order valence-electron chi connectivity index (χ4n) is 0.0536. The van der Waals surface area contributed by atoms with E-state index in [1.165, 1.54) is 0 Å². The van der Waals surface area contributed by atoms with Gasteiger partial charge in [0.05, 0.1) is 0 Å². The molecule has 0 saturated carbocycles. The van der Waals surface area contributed by atoms with Crippen molar-refractivity contribution in [1.82, 2.24) is 5.23 Å². The Bertz CT molecular complexity index is 69.3. The molecule has 0 aliphatic carbocycles. The Balaban J connectivity index is 2.47. The molecule has 1 amide bonds. The summed E-state index contributed by atoms with van der Waals surface area (Å²) in [6.07, 6.45) is -0.690. The second kappa shape index (κ2) is 0.414. The van der Waals surface area contributed by atoms with Gasteiger partial charge in [-0.05, 0) is 0 Å². The zero-order valence-electron chi connectivity index (χ0n) is 2.21. The Labute approximate surface area is 27.5 Å². The van der Waals surface area contributed by atoms with E-state index in [1.54, 1.807) is 0 Å². The minimum atomic E-state index is -0.690. The highest BCUT2D eigenvalue weighted by atomic mass is 17.0. The number of amides is 1. The summed E-state index contributed by atoms with van der Waals surface area (Å²) in [5, 5.41) is 7.85. The van der Waals surface area contributed by atoms with E-state index in [9.17, 15) is 4.79 Å². The van der Waals surface area contributed by atoms with Crippen molar-refractivity contribution in [3.8, 4) is 0 Å². The van der Waals surface area contributed by atoms with Crippen LogP contribution in [-0.4, -0.2) is 16.5 Å². The zero-order valence-corrected chi connectivity index (χ0v) is 2.21. The summed E-state index contributed by atoms with van der Waals surface area (Å²) in [4.78, 5) is 13.0. The minimum absolute atomic E-state index is 0.153. The standard InChI is InChI=1S/CHNO3/c3-1-2(4)5-1/h4H. The number of hydrogen-bond acceptors (Lipinski definition) is 3. The highest BCUT2D eigenvalue weighted by Gasteiger charge is 2.32. The van der Waals surface area contributed by atoms with Crippen LogP contribution in [-0.2, 0) is 4.84 Å². The molecule has 1 N–H and O–H groups in total. The average molecular weight is 75.0 g/mol. The van der Waals surface area contributed by atoms with Crippen LogP contribution in [0.15, 0.2) is 0 Å². The Hall–Kier alpha value is -0.770. The van der Waals surface area contributed by atoms with Gasteiger partial charge in [0.1, 0.15) is 0 Å². The molecular weight excluding hydrogens is 74.0 g/mol. The summed E-state index contributed by atoms with van der Waals surface area (Å²) in [5.41, 5.74) is 0. The van der Waals surface area contributed by atoms with Crippen molar-refractivity contribution in [3.05, 3.63) is 0 Å². The zero-order chi connectivity index (χ0) is 3.86. The molecule has 4 nitrogen and oxygen atoms in total. The van der Waals surface area contributed by atoms with E-state index in [0.717, 1.165) is 0 Å². The molecule has 1 rings (SSSR count). The molecule has 1 heterocycles. The largest absolute Gasteiger partial charge is 0.496 e. The predicted octanol–water partition coefficient (Wildman–Crippen LogP) is -0.257. The fourth-order valence-corrected chi connectivity index (χ4v) is 0.0536. The van der Waals surface area contributed by atoms with Crippen molar-refractivity contribution in [2.45, 2.75) is 0 Å². The lowest BCUT2D eigenvalue weighted by Crippen LogP contribution is -1.80. The molecule has 0 atom stereocenters. The molecule has 1 saturated heterocycles. The quantitative estimate of drug-likeness (QED) is 0.319. The van der Waals surface area contributed by atoms with Crippen molar-refractivity contribution in [2.24, 2.45) is 0 Å². The third kappa shape index (κ3) is 0.179. The van der Waals surface area contributed by atoms with E-state index >= 15 is 0 Å². The van der Waals surface area contributed by atoms with Crippen LogP contribution in [0.1, 0.15) is 0 Å². The van der Waals surface area contributed by atoms with Crippen molar-refractivity contribution < 1.29 is 14.8 Å². The van der Waals surface area contributed by atoms with Gasteiger partial charge in [0, 0.05) is 5.23 Å². The van der Waals surface area contributed by atoms with E-state index in [1.807, 2.05) is 0 Å². The second-order valence-corrected chi connectivity index (χ2v) is 0.630. The van der Waals surface area contributed by atoms with Crippen LogP contribution >= 0.6 is 0 Å². The first-order valence-corrected chi connectivity index (χ1v) is 1.01. The van der Waals surface area contributed by atoms with Gasteiger partial charge in [-0.2, -0.15) is 0 Å². The summed E-state index contributed by atoms with van der Waals surface area (Å²) in [5.74, 6) is 0. The second-order valence-electron chi connectivity index (χ2n) is 0.630. The molecule has 0 radical (unpaired) electrons. The van der Waals surface area contributed by atoms with Crippen molar-refractivity contribution in [1.29, 1.82) is 0 Å². The molecule has 0 aromatic heterocycles. The molecule has 0 unspecified atom stereocenters. The maximum Gasteiger partial charge on any atom is 0.496 e.